The van der Waals surface area contributed by atoms with Crippen molar-refractivity contribution in [1.29, 1.82) is 0 Å². The molecule has 0 nitrogen and oxygen atoms in total. The fourth-order valence-corrected chi connectivity index (χ4v) is 5.02. The molecule has 1 aliphatic rings. The maximum atomic E-state index is 13.9. The van der Waals surface area contributed by atoms with Gasteiger partial charge in [0.05, 0.1) is 0 Å². The molecule has 2 atom stereocenters. The number of hydrogen-bond donors (Lipinski definition) is 0. The molecule has 0 spiro atoms. The van der Waals surface area contributed by atoms with Crippen LogP contribution in [-0.4, -0.2) is 0 Å². The molecule has 2 aromatic rings. The van der Waals surface area contributed by atoms with Gasteiger partial charge in [0.1, 0.15) is 5.82 Å². The van der Waals surface area contributed by atoms with Crippen molar-refractivity contribution in [3.8, 4) is 0 Å². The van der Waals surface area contributed by atoms with Gasteiger partial charge in [0.25, 0.3) is 0 Å². The molecule has 20 heavy (non-hydrogen) atoms. The number of rotatable bonds is 2. The summed E-state index contributed by atoms with van der Waals surface area (Å²) in [5.74, 6) is 0.478. The van der Waals surface area contributed by atoms with Crippen LogP contribution in [-0.2, 0) is 0 Å². The third-order valence-corrected chi connectivity index (χ3v) is 6.03. The van der Waals surface area contributed by atoms with Gasteiger partial charge in [-0.1, -0.05) is 66.5 Å². The molecule has 3 rings (SSSR count). The Balaban J connectivity index is 2.08. The fourth-order valence-electron chi connectivity index (χ4n) is 3.64. The first-order valence-electron chi connectivity index (χ1n) is 7.32. The van der Waals surface area contributed by atoms with Gasteiger partial charge >= 0.3 is 0 Å². The topological polar surface area (TPSA) is 0 Å². The van der Waals surface area contributed by atoms with Crippen LogP contribution in [0.15, 0.2) is 36.4 Å². The van der Waals surface area contributed by atoms with Crippen molar-refractivity contribution in [2.75, 3.05) is 0 Å². The standard InChI is InChI=1S/C18H20BrF/c1-18(2)11-5-8-15(18)17(19)14-9-10-16(20)13-7-4-3-6-12(13)14/h3-4,6-7,9-10,15,17H,5,8,11H2,1-2H3. The molecule has 1 saturated carbocycles. The van der Waals surface area contributed by atoms with E-state index in [2.05, 4.69) is 29.8 Å². The Morgan fingerprint density at radius 1 is 1.15 bits per heavy atom. The highest BCUT2D eigenvalue weighted by Crippen LogP contribution is 2.52. The molecule has 0 saturated heterocycles. The van der Waals surface area contributed by atoms with E-state index in [0.29, 0.717) is 16.2 Å². The molecular formula is C18H20BrF. The van der Waals surface area contributed by atoms with Crippen LogP contribution in [0.5, 0.6) is 0 Å². The summed E-state index contributed by atoms with van der Waals surface area (Å²) in [7, 11) is 0. The van der Waals surface area contributed by atoms with Crippen LogP contribution in [0, 0.1) is 17.2 Å². The maximum Gasteiger partial charge on any atom is 0.131 e. The second-order valence-corrected chi connectivity index (χ2v) is 7.56. The largest absolute Gasteiger partial charge is 0.206 e. The van der Waals surface area contributed by atoms with Crippen molar-refractivity contribution in [1.82, 2.24) is 0 Å². The Bertz CT molecular complexity index is 632. The average molecular weight is 335 g/mol. The summed E-state index contributed by atoms with van der Waals surface area (Å²) in [4.78, 5) is 0.297. The Morgan fingerprint density at radius 2 is 1.85 bits per heavy atom. The van der Waals surface area contributed by atoms with Gasteiger partial charge in [-0.25, -0.2) is 4.39 Å². The molecule has 0 radical (unpaired) electrons. The van der Waals surface area contributed by atoms with E-state index in [1.165, 1.54) is 24.8 Å². The van der Waals surface area contributed by atoms with E-state index in [0.717, 1.165) is 10.8 Å². The lowest BCUT2D eigenvalue weighted by atomic mass is 9.78. The Morgan fingerprint density at radius 3 is 2.50 bits per heavy atom. The monoisotopic (exact) mass is 334 g/mol. The second-order valence-electron chi connectivity index (χ2n) is 6.57. The molecule has 106 valence electrons. The first kappa shape index (κ1) is 14.1. The number of benzene rings is 2. The van der Waals surface area contributed by atoms with Crippen LogP contribution in [0.25, 0.3) is 10.8 Å². The molecule has 2 heteroatoms. The van der Waals surface area contributed by atoms with Crippen molar-refractivity contribution in [3.05, 3.63) is 47.8 Å². The van der Waals surface area contributed by atoms with Crippen molar-refractivity contribution in [3.63, 3.8) is 0 Å². The molecule has 0 amide bonds. The second kappa shape index (κ2) is 5.14. The summed E-state index contributed by atoms with van der Waals surface area (Å²) in [6.45, 7) is 4.70. The summed E-state index contributed by atoms with van der Waals surface area (Å²) < 4.78 is 13.9. The smallest absolute Gasteiger partial charge is 0.131 e. The van der Waals surface area contributed by atoms with E-state index in [1.54, 1.807) is 6.07 Å². The number of fused-ring (bicyclic) bond motifs is 1. The SMILES string of the molecule is CC1(C)CCCC1C(Br)c1ccc(F)c2ccccc12. The van der Waals surface area contributed by atoms with Crippen LogP contribution in [0.4, 0.5) is 4.39 Å². The predicted molar refractivity (Wildman–Crippen MR) is 86.7 cm³/mol. The molecule has 0 bridgehead atoms. The van der Waals surface area contributed by atoms with Gasteiger partial charge in [-0.2, -0.15) is 0 Å². The van der Waals surface area contributed by atoms with Gasteiger partial charge in [0.15, 0.2) is 0 Å². The van der Waals surface area contributed by atoms with E-state index in [1.807, 2.05) is 30.3 Å². The highest BCUT2D eigenvalue weighted by molar-refractivity contribution is 9.09. The van der Waals surface area contributed by atoms with Crippen LogP contribution in [0.1, 0.15) is 43.5 Å². The minimum absolute atomic E-state index is 0.130. The maximum absolute atomic E-state index is 13.9. The molecule has 0 N–H and O–H groups in total. The lowest BCUT2D eigenvalue weighted by molar-refractivity contribution is 0.257. The molecule has 1 fully saturated rings. The zero-order chi connectivity index (χ0) is 14.3. The number of hydrogen-bond acceptors (Lipinski definition) is 0. The van der Waals surface area contributed by atoms with E-state index < -0.39 is 0 Å². The molecule has 2 aromatic carbocycles. The summed E-state index contributed by atoms with van der Waals surface area (Å²) in [6.07, 6.45) is 3.81. The van der Waals surface area contributed by atoms with Gasteiger partial charge in [0, 0.05) is 10.2 Å². The van der Waals surface area contributed by atoms with Gasteiger partial charge in [-0.15, -0.1) is 0 Å². The zero-order valence-electron chi connectivity index (χ0n) is 12.0. The first-order chi connectivity index (χ1) is 9.50. The predicted octanol–water partition coefficient (Wildman–Crippen LogP) is 6.24. The van der Waals surface area contributed by atoms with Crippen molar-refractivity contribution >= 4 is 26.7 Å². The molecule has 0 aromatic heterocycles. The molecule has 2 unspecified atom stereocenters. The summed E-state index contributed by atoms with van der Waals surface area (Å²) in [5.41, 5.74) is 1.57. The number of alkyl halides is 1. The van der Waals surface area contributed by atoms with E-state index in [9.17, 15) is 4.39 Å². The van der Waals surface area contributed by atoms with Gasteiger partial charge < -0.3 is 0 Å². The van der Waals surface area contributed by atoms with E-state index >= 15 is 0 Å². The van der Waals surface area contributed by atoms with Crippen molar-refractivity contribution < 1.29 is 4.39 Å². The third kappa shape index (κ3) is 2.28. The zero-order valence-corrected chi connectivity index (χ0v) is 13.6. The quantitative estimate of drug-likeness (QED) is 0.570. The molecule has 0 heterocycles. The summed E-state index contributed by atoms with van der Waals surface area (Å²) >= 11 is 3.91. The summed E-state index contributed by atoms with van der Waals surface area (Å²) in [5, 5.41) is 1.77. The first-order valence-corrected chi connectivity index (χ1v) is 8.23. The molecular weight excluding hydrogens is 315 g/mol. The van der Waals surface area contributed by atoms with Gasteiger partial charge in [0.2, 0.25) is 0 Å². The molecule has 1 aliphatic carbocycles. The highest BCUT2D eigenvalue weighted by atomic mass is 79.9. The van der Waals surface area contributed by atoms with Crippen LogP contribution in [0.3, 0.4) is 0 Å². The van der Waals surface area contributed by atoms with Gasteiger partial charge in [-0.3, -0.25) is 0 Å². The third-order valence-electron chi connectivity index (χ3n) is 4.89. The minimum Gasteiger partial charge on any atom is -0.206 e. The van der Waals surface area contributed by atoms with Crippen LogP contribution in [0.2, 0.25) is 0 Å². The Hall–Kier alpha value is -0.890. The minimum atomic E-state index is -0.130. The fraction of sp³-hybridized carbons (Fsp3) is 0.444. The lowest BCUT2D eigenvalue weighted by Gasteiger charge is -2.32. The average Bonchev–Trinajstić information content (AvgIpc) is 2.78. The molecule has 0 aliphatic heterocycles. The van der Waals surface area contributed by atoms with Crippen molar-refractivity contribution in [2.45, 2.75) is 37.9 Å². The van der Waals surface area contributed by atoms with Crippen LogP contribution >= 0.6 is 15.9 Å². The van der Waals surface area contributed by atoms with Crippen LogP contribution < -0.4 is 0 Å². The van der Waals surface area contributed by atoms with E-state index in [-0.39, 0.29) is 5.82 Å². The van der Waals surface area contributed by atoms with Crippen molar-refractivity contribution in [2.24, 2.45) is 11.3 Å². The highest BCUT2D eigenvalue weighted by Gasteiger charge is 2.39. The Kier molecular flexibility index (Phi) is 3.62. The summed E-state index contributed by atoms with van der Waals surface area (Å²) in [6, 6.07) is 11.3. The normalized spacial score (nSPS) is 23.1. The lowest BCUT2D eigenvalue weighted by Crippen LogP contribution is -2.21. The van der Waals surface area contributed by atoms with E-state index in [4.69, 9.17) is 0 Å². The Labute approximate surface area is 128 Å². The number of halogens is 2. The van der Waals surface area contributed by atoms with Gasteiger partial charge in [-0.05, 0) is 41.2 Å².